The van der Waals surface area contributed by atoms with E-state index in [1.807, 2.05) is 13.8 Å². The second-order valence-corrected chi connectivity index (χ2v) is 4.84. The minimum absolute atomic E-state index is 0.00606. The van der Waals surface area contributed by atoms with E-state index in [1.54, 1.807) is 0 Å². The minimum Gasteiger partial charge on any atom is -0.344 e. The van der Waals surface area contributed by atoms with Crippen molar-refractivity contribution in [2.24, 2.45) is 0 Å². The quantitative estimate of drug-likeness (QED) is 0.451. The summed E-state index contributed by atoms with van der Waals surface area (Å²) in [6, 6.07) is 0. The molecule has 2 fully saturated rings. The summed E-state index contributed by atoms with van der Waals surface area (Å²) in [6.45, 7) is 3.91. The first-order chi connectivity index (χ1) is 7.12. The molecule has 0 radical (unpaired) electrons. The third-order valence-electron chi connectivity index (χ3n) is 3.06. The van der Waals surface area contributed by atoms with Gasteiger partial charge in [-0.05, 0) is 13.8 Å². The van der Waals surface area contributed by atoms with Crippen LogP contribution in [0.3, 0.4) is 0 Å². The molecule has 84 valence electrons. The third kappa shape index (κ3) is 1.83. The Balaban J connectivity index is 1.81. The van der Waals surface area contributed by atoms with Gasteiger partial charge in [-0.2, -0.15) is 0 Å². The Kier molecular flexibility index (Phi) is 2.14. The average molecular weight is 212 g/mol. The summed E-state index contributed by atoms with van der Waals surface area (Å²) in [4.78, 5) is 10.5. The average Bonchev–Trinajstić information content (AvgIpc) is 2.41. The first-order valence-electron chi connectivity index (χ1n) is 5.48. The van der Waals surface area contributed by atoms with Crippen LogP contribution in [0.15, 0.2) is 12.2 Å². The van der Waals surface area contributed by atoms with Gasteiger partial charge in [0.2, 0.25) is 0 Å². The fourth-order valence-electron chi connectivity index (χ4n) is 2.46. The maximum absolute atomic E-state index is 5.85. The zero-order valence-corrected chi connectivity index (χ0v) is 9.01. The summed E-state index contributed by atoms with van der Waals surface area (Å²) >= 11 is 0. The maximum Gasteiger partial charge on any atom is 0.163 e. The van der Waals surface area contributed by atoms with E-state index in [0.29, 0.717) is 0 Å². The van der Waals surface area contributed by atoms with Crippen LogP contribution >= 0.6 is 0 Å². The van der Waals surface area contributed by atoms with Gasteiger partial charge < -0.3 is 9.47 Å². The van der Waals surface area contributed by atoms with Gasteiger partial charge in [0.25, 0.3) is 0 Å². The van der Waals surface area contributed by atoms with Gasteiger partial charge in [0.15, 0.2) is 5.79 Å². The number of rotatable bonds is 0. The summed E-state index contributed by atoms with van der Waals surface area (Å²) in [5.74, 6) is -0.473. The molecule has 0 amide bonds. The van der Waals surface area contributed by atoms with Crippen LogP contribution in [0.1, 0.15) is 26.7 Å². The van der Waals surface area contributed by atoms with Crippen LogP contribution in [-0.2, 0) is 19.2 Å². The normalized spacial score (nSPS) is 47.3. The highest BCUT2D eigenvalue weighted by Gasteiger charge is 2.45. The Morgan fingerprint density at radius 1 is 0.933 bits per heavy atom. The molecular weight excluding hydrogens is 196 g/mol. The van der Waals surface area contributed by atoms with Crippen molar-refractivity contribution in [3.63, 3.8) is 0 Å². The fraction of sp³-hybridized carbons (Fsp3) is 0.818. The van der Waals surface area contributed by atoms with Crippen LogP contribution in [0.4, 0.5) is 0 Å². The van der Waals surface area contributed by atoms with Crippen molar-refractivity contribution < 1.29 is 19.2 Å². The lowest BCUT2D eigenvalue weighted by atomic mass is 9.97. The highest BCUT2D eigenvalue weighted by molar-refractivity contribution is 5.03. The zero-order valence-electron chi connectivity index (χ0n) is 9.01. The van der Waals surface area contributed by atoms with E-state index >= 15 is 0 Å². The highest BCUT2D eigenvalue weighted by atomic mass is 17.2. The van der Waals surface area contributed by atoms with Crippen LogP contribution in [0.25, 0.3) is 0 Å². The van der Waals surface area contributed by atoms with E-state index < -0.39 is 5.79 Å². The fourth-order valence-corrected chi connectivity index (χ4v) is 2.46. The van der Waals surface area contributed by atoms with Crippen molar-refractivity contribution in [3.8, 4) is 0 Å². The molecule has 0 N–H and O–H groups in total. The lowest BCUT2D eigenvalue weighted by molar-refractivity contribution is -0.350. The largest absolute Gasteiger partial charge is 0.344 e. The van der Waals surface area contributed by atoms with Gasteiger partial charge in [0, 0.05) is 12.8 Å². The van der Waals surface area contributed by atoms with Crippen molar-refractivity contribution in [2.75, 3.05) is 0 Å². The van der Waals surface area contributed by atoms with Crippen LogP contribution in [-0.4, -0.2) is 30.2 Å². The van der Waals surface area contributed by atoms with Gasteiger partial charge in [-0.25, -0.2) is 9.78 Å². The molecule has 2 saturated heterocycles. The molecule has 3 heterocycles. The Bertz CT molecular complexity index is 260. The number of ether oxygens (including phenoxy) is 2. The molecule has 0 aromatic heterocycles. The van der Waals surface area contributed by atoms with Crippen molar-refractivity contribution >= 4 is 0 Å². The Labute approximate surface area is 89.1 Å². The van der Waals surface area contributed by atoms with Crippen molar-refractivity contribution in [1.29, 1.82) is 0 Å². The van der Waals surface area contributed by atoms with Gasteiger partial charge in [-0.15, -0.1) is 0 Å². The lowest BCUT2D eigenvalue weighted by Crippen LogP contribution is -2.37. The van der Waals surface area contributed by atoms with Crippen LogP contribution in [0.5, 0.6) is 0 Å². The first kappa shape index (κ1) is 9.78. The van der Waals surface area contributed by atoms with Crippen LogP contribution in [0, 0.1) is 0 Å². The number of hydrogen-bond acceptors (Lipinski definition) is 4. The van der Waals surface area contributed by atoms with Crippen LogP contribution < -0.4 is 0 Å². The van der Waals surface area contributed by atoms with Crippen LogP contribution in [0.2, 0.25) is 0 Å². The van der Waals surface area contributed by atoms with Gasteiger partial charge in [0.05, 0.1) is 12.2 Å². The zero-order chi connectivity index (χ0) is 10.5. The van der Waals surface area contributed by atoms with Crippen molar-refractivity contribution in [1.82, 2.24) is 0 Å². The topological polar surface area (TPSA) is 36.9 Å². The molecule has 0 aromatic rings. The molecule has 0 unspecified atom stereocenters. The summed E-state index contributed by atoms with van der Waals surface area (Å²) in [6.07, 6.45) is 5.98. The maximum atomic E-state index is 5.85. The molecule has 0 aromatic carbocycles. The lowest BCUT2D eigenvalue weighted by Gasteiger charge is -2.30. The highest BCUT2D eigenvalue weighted by Crippen LogP contribution is 2.36. The van der Waals surface area contributed by atoms with E-state index in [1.165, 1.54) is 0 Å². The molecule has 2 bridgehead atoms. The smallest absolute Gasteiger partial charge is 0.163 e. The molecule has 4 rings (SSSR count). The number of hydrogen-bond donors (Lipinski definition) is 0. The molecule has 4 heteroatoms. The standard InChI is InChI=1S/C11H16O4/c1-11(2)12-9-5-7-3-4-8(15-14-7)6-10(9)13-11/h3-4,7-10H,5-6H2,1-2H3/t7-,8+,9-,10+. The minimum atomic E-state index is -0.473. The molecule has 0 spiro atoms. The third-order valence-corrected chi connectivity index (χ3v) is 3.06. The molecule has 4 nitrogen and oxygen atoms in total. The van der Waals surface area contributed by atoms with Gasteiger partial charge in [-0.3, -0.25) is 0 Å². The van der Waals surface area contributed by atoms with Crippen molar-refractivity contribution in [3.05, 3.63) is 12.2 Å². The molecule has 15 heavy (non-hydrogen) atoms. The van der Waals surface area contributed by atoms with Crippen molar-refractivity contribution in [2.45, 2.75) is 56.9 Å². The first-order valence-corrected chi connectivity index (χ1v) is 5.48. The Hall–Kier alpha value is -0.420. The second-order valence-electron chi connectivity index (χ2n) is 4.84. The predicted octanol–water partition coefficient (Wildman–Crippen LogP) is 1.56. The molecule has 4 aliphatic rings. The monoisotopic (exact) mass is 212 g/mol. The van der Waals surface area contributed by atoms with E-state index in [0.717, 1.165) is 12.8 Å². The number of fused-ring (bicyclic) bond motifs is 1. The molecule has 0 saturated carbocycles. The predicted molar refractivity (Wildman–Crippen MR) is 51.9 cm³/mol. The Morgan fingerprint density at radius 3 is 1.80 bits per heavy atom. The SMILES string of the molecule is CC1(C)O[C@H]2C[C@@H]3C=C[C@H](C[C@H]2O1)OO3. The van der Waals surface area contributed by atoms with Gasteiger partial charge in [0.1, 0.15) is 12.2 Å². The summed E-state index contributed by atoms with van der Waals surface area (Å²) < 4.78 is 11.7. The van der Waals surface area contributed by atoms with E-state index in [4.69, 9.17) is 19.2 Å². The summed E-state index contributed by atoms with van der Waals surface area (Å²) in [7, 11) is 0. The Morgan fingerprint density at radius 2 is 1.40 bits per heavy atom. The van der Waals surface area contributed by atoms with E-state index in [-0.39, 0.29) is 24.4 Å². The second kappa shape index (κ2) is 3.28. The van der Waals surface area contributed by atoms with E-state index in [2.05, 4.69) is 12.2 Å². The van der Waals surface area contributed by atoms with Gasteiger partial charge in [-0.1, -0.05) is 12.2 Å². The molecule has 4 atom stereocenters. The van der Waals surface area contributed by atoms with Gasteiger partial charge >= 0.3 is 0 Å². The molecular formula is C11H16O4. The summed E-state index contributed by atoms with van der Waals surface area (Å²) in [5.41, 5.74) is 0. The molecule has 3 aliphatic heterocycles. The summed E-state index contributed by atoms with van der Waals surface area (Å²) in [5, 5.41) is 0. The molecule has 1 aliphatic carbocycles. The van der Waals surface area contributed by atoms with E-state index in [9.17, 15) is 0 Å².